The van der Waals surface area contributed by atoms with E-state index in [1.807, 2.05) is 12.1 Å². The Bertz CT molecular complexity index is 627. The number of aromatic carboxylic acids is 1. The summed E-state index contributed by atoms with van der Waals surface area (Å²) in [5, 5.41) is 13.8. The summed E-state index contributed by atoms with van der Waals surface area (Å²) in [5.41, 5.74) is 2.33. The van der Waals surface area contributed by atoms with Crippen molar-refractivity contribution in [1.29, 1.82) is 0 Å². The van der Waals surface area contributed by atoms with E-state index in [0.29, 0.717) is 11.6 Å². The third-order valence-electron chi connectivity index (χ3n) is 3.42. The summed E-state index contributed by atoms with van der Waals surface area (Å²) in [6.45, 7) is 9.08. The molecule has 2 aromatic rings. The highest BCUT2D eigenvalue weighted by molar-refractivity contribution is 6.03. The molecule has 0 unspecified atom stereocenters. The molecule has 0 fully saturated rings. The lowest BCUT2D eigenvalue weighted by molar-refractivity contribution is 0.0698. The average molecular weight is 274 g/mol. The number of hydrogen-bond donors (Lipinski definition) is 2. The van der Waals surface area contributed by atoms with Crippen LogP contribution in [0.25, 0.3) is 10.9 Å². The average Bonchev–Trinajstić information content (AvgIpc) is 2.75. The number of rotatable bonds is 5. The highest BCUT2D eigenvalue weighted by atomic mass is 16.4. The fourth-order valence-electron chi connectivity index (χ4n) is 2.42. The van der Waals surface area contributed by atoms with Crippen molar-refractivity contribution in [2.45, 2.75) is 46.3 Å². The number of benzene rings is 1. The largest absolute Gasteiger partial charge is 0.478 e. The minimum Gasteiger partial charge on any atom is -0.478 e. The molecule has 1 aromatic carbocycles. The quantitative estimate of drug-likeness (QED) is 0.878. The molecular weight excluding hydrogens is 252 g/mol. The van der Waals surface area contributed by atoms with E-state index >= 15 is 0 Å². The first-order valence-electron chi connectivity index (χ1n) is 7.01. The normalized spacial score (nSPS) is 11.7. The van der Waals surface area contributed by atoms with Gasteiger partial charge in [0.1, 0.15) is 0 Å². The monoisotopic (exact) mass is 274 g/mol. The molecule has 1 heterocycles. The van der Waals surface area contributed by atoms with Crippen LogP contribution in [0.3, 0.4) is 0 Å². The van der Waals surface area contributed by atoms with Crippen molar-refractivity contribution in [3.63, 3.8) is 0 Å². The second kappa shape index (κ2) is 5.67. The molecular formula is C16H22N2O2. The van der Waals surface area contributed by atoms with Crippen molar-refractivity contribution in [2.24, 2.45) is 0 Å². The fraction of sp³-hybridized carbons (Fsp3) is 0.438. The van der Waals surface area contributed by atoms with Gasteiger partial charge in [-0.15, -0.1) is 0 Å². The first-order chi connectivity index (χ1) is 9.41. The number of para-hydroxylation sites is 1. The number of hydrogen-bond acceptors (Lipinski definition) is 2. The molecule has 2 N–H and O–H groups in total. The van der Waals surface area contributed by atoms with Crippen LogP contribution in [-0.4, -0.2) is 21.7 Å². The zero-order chi connectivity index (χ0) is 14.9. The van der Waals surface area contributed by atoms with Crippen molar-refractivity contribution >= 4 is 16.9 Å². The van der Waals surface area contributed by atoms with Gasteiger partial charge in [-0.25, -0.2) is 4.79 Å². The number of nitrogens with one attached hydrogen (secondary N) is 1. The van der Waals surface area contributed by atoms with Crippen LogP contribution in [0.5, 0.6) is 0 Å². The van der Waals surface area contributed by atoms with Crippen LogP contribution in [0.15, 0.2) is 24.4 Å². The van der Waals surface area contributed by atoms with Crippen molar-refractivity contribution in [3.05, 3.63) is 35.5 Å². The van der Waals surface area contributed by atoms with Gasteiger partial charge in [-0.05, 0) is 25.5 Å². The Morgan fingerprint density at radius 2 is 2.00 bits per heavy atom. The fourth-order valence-corrected chi connectivity index (χ4v) is 2.42. The maximum Gasteiger partial charge on any atom is 0.337 e. The molecule has 4 nitrogen and oxygen atoms in total. The predicted molar refractivity (Wildman–Crippen MR) is 81.3 cm³/mol. The maximum absolute atomic E-state index is 11.4. The second-order valence-corrected chi connectivity index (χ2v) is 5.70. The Morgan fingerprint density at radius 3 is 2.55 bits per heavy atom. The standard InChI is InChI=1S/C16H22N2O2/c1-10(2)17-8-12-9-18(11(3)4)15-13(12)6-5-7-14(15)16(19)20/h5-7,9-11,17H,8H2,1-4H3,(H,19,20). The molecule has 0 saturated carbocycles. The number of carboxylic acids is 1. The summed E-state index contributed by atoms with van der Waals surface area (Å²) in [5.74, 6) is -0.876. The van der Waals surface area contributed by atoms with Crippen LogP contribution in [0.2, 0.25) is 0 Å². The molecule has 2 rings (SSSR count). The van der Waals surface area contributed by atoms with Gasteiger partial charge < -0.3 is 15.0 Å². The van der Waals surface area contributed by atoms with Crippen LogP contribution >= 0.6 is 0 Å². The summed E-state index contributed by atoms with van der Waals surface area (Å²) in [6, 6.07) is 6.11. The van der Waals surface area contributed by atoms with Gasteiger partial charge in [0.15, 0.2) is 0 Å². The zero-order valence-corrected chi connectivity index (χ0v) is 12.5. The first kappa shape index (κ1) is 14.6. The Hall–Kier alpha value is -1.81. The molecule has 0 aliphatic rings. The van der Waals surface area contributed by atoms with Gasteiger partial charge in [-0.1, -0.05) is 26.0 Å². The summed E-state index contributed by atoms with van der Waals surface area (Å²) >= 11 is 0. The first-order valence-corrected chi connectivity index (χ1v) is 7.01. The number of aromatic nitrogens is 1. The van der Waals surface area contributed by atoms with E-state index in [1.54, 1.807) is 6.07 Å². The lowest BCUT2D eigenvalue weighted by Crippen LogP contribution is -2.21. The van der Waals surface area contributed by atoms with Gasteiger partial charge in [-0.3, -0.25) is 0 Å². The summed E-state index contributed by atoms with van der Waals surface area (Å²) in [4.78, 5) is 11.4. The van der Waals surface area contributed by atoms with E-state index in [0.717, 1.165) is 23.0 Å². The van der Waals surface area contributed by atoms with E-state index < -0.39 is 5.97 Å². The van der Waals surface area contributed by atoms with Crippen LogP contribution in [0.1, 0.15) is 49.7 Å². The zero-order valence-electron chi connectivity index (χ0n) is 12.5. The maximum atomic E-state index is 11.4. The highest BCUT2D eigenvalue weighted by Gasteiger charge is 2.17. The Kier molecular flexibility index (Phi) is 4.14. The van der Waals surface area contributed by atoms with Crippen LogP contribution in [0.4, 0.5) is 0 Å². The predicted octanol–water partition coefficient (Wildman–Crippen LogP) is 3.42. The molecule has 0 aliphatic heterocycles. The molecule has 20 heavy (non-hydrogen) atoms. The summed E-state index contributed by atoms with van der Waals surface area (Å²) < 4.78 is 2.05. The molecule has 0 spiro atoms. The Morgan fingerprint density at radius 1 is 1.30 bits per heavy atom. The van der Waals surface area contributed by atoms with Gasteiger partial charge in [0.25, 0.3) is 0 Å². The van der Waals surface area contributed by atoms with E-state index in [9.17, 15) is 9.90 Å². The van der Waals surface area contributed by atoms with Gasteiger partial charge >= 0.3 is 5.97 Å². The van der Waals surface area contributed by atoms with E-state index in [2.05, 4.69) is 43.8 Å². The lowest BCUT2D eigenvalue weighted by atomic mass is 10.1. The van der Waals surface area contributed by atoms with Gasteiger partial charge in [0.05, 0.1) is 11.1 Å². The molecule has 0 radical (unpaired) electrons. The topological polar surface area (TPSA) is 54.3 Å². The Labute approximate surface area is 119 Å². The second-order valence-electron chi connectivity index (χ2n) is 5.70. The SMILES string of the molecule is CC(C)NCc1cn(C(C)C)c2c(C(=O)O)cccc12. The van der Waals surface area contributed by atoms with E-state index in [1.165, 1.54) is 0 Å². The lowest BCUT2D eigenvalue weighted by Gasteiger charge is -2.10. The summed E-state index contributed by atoms with van der Waals surface area (Å²) in [6.07, 6.45) is 2.07. The van der Waals surface area contributed by atoms with Crippen LogP contribution in [-0.2, 0) is 6.54 Å². The molecule has 0 amide bonds. The van der Waals surface area contributed by atoms with Crippen molar-refractivity contribution in [3.8, 4) is 0 Å². The van der Waals surface area contributed by atoms with E-state index in [4.69, 9.17) is 0 Å². The number of fused-ring (bicyclic) bond motifs is 1. The third-order valence-corrected chi connectivity index (χ3v) is 3.42. The molecule has 0 aliphatic carbocycles. The highest BCUT2D eigenvalue weighted by Crippen LogP contribution is 2.28. The molecule has 4 heteroatoms. The smallest absolute Gasteiger partial charge is 0.337 e. The molecule has 0 bridgehead atoms. The van der Waals surface area contributed by atoms with Gasteiger partial charge in [0.2, 0.25) is 0 Å². The molecule has 1 aromatic heterocycles. The summed E-state index contributed by atoms with van der Waals surface area (Å²) in [7, 11) is 0. The van der Waals surface area contributed by atoms with Crippen LogP contribution < -0.4 is 5.32 Å². The van der Waals surface area contributed by atoms with Crippen molar-refractivity contribution in [1.82, 2.24) is 9.88 Å². The molecule has 0 saturated heterocycles. The molecule has 108 valence electrons. The third kappa shape index (κ3) is 2.70. The van der Waals surface area contributed by atoms with Crippen LogP contribution in [0, 0.1) is 0 Å². The van der Waals surface area contributed by atoms with Crippen molar-refractivity contribution < 1.29 is 9.90 Å². The number of carboxylic acid groups (broad SMARTS) is 1. The van der Waals surface area contributed by atoms with Gasteiger partial charge in [-0.2, -0.15) is 0 Å². The van der Waals surface area contributed by atoms with E-state index in [-0.39, 0.29) is 6.04 Å². The minimum absolute atomic E-state index is 0.228. The van der Waals surface area contributed by atoms with Gasteiger partial charge in [0, 0.05) is 30.2 Å². The number of nitrogens with zero attached hydrogens (tertiary/aromatic N) is 1. The number of carbonyl (C=O) groups is 1. The molecule has 0 atom stereocenters. The Balaban J connectivity index is 2.61. The van der Waals surface area contributed by atoms with Crippen molar-refractivity contribution in [2.75, 3.05) is 0 Å². The minimum atomic E-state index is -0.876.